The molecule has 3 atom stereocenters. The molecular formula is C15H29N3O. The molecule has 1 amide bonds. The summed E-state index contributed by atoms with van der Waals surface area (Å²) < 4.78 is 0. The van der Waals surface area contributed by atoms with Crippen LogP contribution in [-0.4, -0.2) is 49.1 Å². The van der Waals surface area contributed by atoms with E-state index < -0.39 is 0 Å². The average molecular weight is 267 g/mol. The number of nitrogens with zero attached hydrogens (tertiary/aromatic N) is 1. The first-order valence-corrected chi connectivity index (χ1v) is 7.97. The van der Waals surface area contributed by atoms with Crippen molar-refractivity contribution in [1.29, 1.82) is 0 Å². The van der Waals surface area contributed by atoms with E-state index in [1.807, 2.05) is 6.92 Å². The molecule has 1 saturated carbocycles. The summed E-state index contributed by atoms with van der Waals surface area (Å²) in [5, 5.41) is 6.65. The first-order valence-electron chi connectivity index (χ1n) is 7.97. The quantitative estimate of drug-likeness (QED) is 0.808. The Morgan fingerprint density at radius 1 is 1.32 bits per heavy atom. The van der Waals surface area contributed by atoms with Gasteiger partial charge in [-0.2, -0.15) is 0 Å². The molecule has 0 aromatic heterocycles. The first-order chi connectivity index (χ1) is 9.22. The summed E-state index contributed by atoms with van der Waals surface area (Å²) in [6.07, 6.45) is 6.23. The van der Waals surface area contributed by atoms with Crippen molar-refractivity contribution in [2.75, 3.05) is 26.2 Å². The van der Waals surface area contributed by atoms with E-state index in [0.717, 1.165) is 26.2 Å². The maximum absolute atomic E-state index is 12.4. The molecule has 0 bridgehead atoms. The van der Waals surface area contributed by atoms with Crippen molar-refractivity contribution in [3.05, 3.63) is 0 Å². The van der Waals surface area contributed by atoms with E-state index in [0.29, 0.717) is 12.0 Å². The standard InChI is InChI=1S/C15H29N3O/c1-3-13-6-4-5-7-14(13)17-15(19)12(2)18-10-8-16-9-11-18/h12-14,16H,3-11H2,1-2H3,(H,17,19). The Labute approximate surface area is 117 Å². The van der Waals surface area contributed by atoms with E-state index in [9.17, 15) is 4.79 Å². The van der Waals surface area contributed by atoms with E-state index >= 15 is 0 Å². The van der Waals surface area contributed by atoms with Crippen molar-refractivity contribution in [1.82, 2.24) is 15.5 Å². The second-order valence-corrected chi connectivity index (χ2v) is 6.03. The summed E-state index contributed by atoms with van der Waals surface area (Å²) in [5.41, 5.74) is 0. The monoisotopic (exact) mass is 267 g/mol. The minimum Gasteiger partial charge on any atom is -0.352 e. The Morgan fingerprint density at radius 3 is 2.68 bits per heavy atom. The molecule has 3 unspecified atom stereocenters. The maximum atomic E-state index is 12.4. The van der Waals surface area contributed by atoms with Crippen molar-refractivity contribution in [2.45, 2.75) is 58.0 Å². The van der Waals surface area contributed by atoms with Crippen LogP contribution in [0.15, 0.2) is 0 Å². The van der Waals surface area contributed by atoms with Crippen molar-refractivity contribution in [3.63, 3.8) is 0 Å². The highest BCUT2D eigenvalue weighted by molar-refractivity contribution is 5.81. The molecule has 1 aliphatic carbocycles. The fraction of sp³-hybridized carbons (Fsp3) is 0.933. The second kappa shape index (κ2) is 7.25. The number of piperazine rings is 1. The lowest BCUT2D eigenvalue weighted by Crippen LogP contribution is -2.55. The van der Waals surface area contributed by atoms with Crippen LogP contribution in [0.5, 0.6) is 0 Å². The van der Waals surface area contributed by atoms with Crippen molar-refractivity contribution < 1.29 is 4.79 Å². The molecule has 4 nitrogen and oxygen atoms in total. The molecule has 19 heavy (non-hydrogen) atoms. The van der Waals surface area contributed by atoms with Gasteiger partial charge in [-0.05, 0) is 25.7 Å². The summed E-state index contributed by atoms with van der Waals surface area (Å²) in [4.78, 5) is 14.7. The van der Waals surface area contributed by atoms with Crippen LogP contribution in [0.2, 0.25) is 0 Å². The van der Waals surface area contributed by atoms with Crippen LogP contribution in [0.3, 0.4) is 0 Å². The molecule has 2 aliphatic rings. The summed E-state index contributed by atoms with van der Waals surface area (Å²) in [6.45, 7) is 8.25. The molecular weight excluding hydrogens is 238 g/mol. The summed E-state index contributed by atoms with van der Waals surface area (Å²) >= 11 is 0. The Balaban J connectivity index is 1.84. The van der Waals surface area contributed by atoms with Crippen molar-refractivity contribution >= 4 is 5.91 Å². The number of carbonyl (C=O) groups is 1. The molecule has 0 radical (unpaired) electrons. The third-order valence-electron chi connectivity index (χ3n) is 4.84. The van der Waals surface area contributed by atoms with Crippen molar-refractivity contribution in [2.24, 2.45) is 5.92 Å². The minimum atomic E-state index is 0.0153. The number of carbonyl (C=O) groups excluding carboxylic acids is 1. The number of nitrogens with one attached hydrogen (secondary N) is 2. The van der Waals surface area contributed by atoms with Crippen LogP contribution in [0.4, 0.5) is 0 Å². The number of amides is 1. The molecule has 0 aromatic rings. The SMILES string of the molecule is CCC1CCCCC1NC(=O)C(C)N1CCNCC1. The van der Waals surface area contributed by atoms with E-state index in [4.69, 9.17) is 0 Å². The zero-order valence-electron chi connectivity index (χ0n) is 12.5. The number of hydrogen-bond donors (Lipinski definition) is 2. The predicted molar refractivity (Wildman–Crippen MR) is 78.1 cm³/mol. The smallest absolute Gasteiger partial charge is 0.237 e. The van der Waals surface area contributed by atoms with Gasteiger partial charge in [0, 0.05) is 32.2 Å². The highest BCUT2D eigenvalue weighted by atomic mass is 16.2. The Morgan fingerprint density at radius 2 is 2.00 bits per heavy atom. The van der Waals surface area contributed by atoms with E-state index in [1.165, 1.54) is 32.1 Å². The molecule has 1 saturated heterocycles. The van der Waals surface area contributed by atoms with Crippen LogP contribution >= 0.6 is 0 Å². The highest BCUT2D eigenvalue weighted by Gasteiger charge is 2.28. The normalized spacial score (nSPS) is 30.8. The van der Waals surface area contributed by atoms with Gasteiger partial charge in [0.15, 0.2) is 0 Å². The Hall–Kier alpha value is -0.610. The van der Waals surface area contributed by atoms with Crippen molar-refractivity contribution in [3.8, 4) is 0 Å². The molecule has 110 valence electrons. The predicted octanol–water partition coefficient (Wildman–Crippen LogP) is 1.37. The molecule has 2 rings (SSSR count). The van der Waals surface area contributed by atoms with Gasteiger partial charge >= 0.3 is 0 Å². The molecule has 0 spiro atoms. The van der Waals surface area contributed by atoms with Gasteiger partial charge in [0.25, 0.3) is 0 Å². The fourth-order valence-electron chi connectivity index (χ4n) is 3.42. The summed E-state index contributed by atoms with van der Waals surface area (Å²) in [6, 6.07) is 0.429. The van der Waals surface area contributed by atoms with Crippen LogP contribution < -0.4 is 10.6 Å². The molecule has 2 fully saturated rings. The zero-order chi connectivity index (χ0) is 13.7. The minimum absolute atomic E-state index is 0.0153. The van der Waals surface area contributed by atoms with Gasteiger partial charge in [-0.3, -0.25) is 9.69 Å². The van der Waals surface area contributed by atoms with E-state index in [1.54, 1.807) is 0 Å². The highest BCUT2D eigenvalue weighted by Crippen LogP contribution is 2.26. The molecule has 0 aromatic carbocycles. The van der Waals surface area contributed by atoms with Crippen LogP contribution in [-0.2, 0) is 4.79 Å². The lowest BCUT2D eigenvalue weighted by molar-refractivity contribution is -0.127. The summed E-state index contributed by atoms with van der Waals surface area (Å²) in [7, 11) is 0. The van der Waals surface area contributed by atoms with E-state index in [-0.39, 0.29) is 11.9 Å². The Kier molecular flexibility index (Phi) is 5.64. The fourth-order valence-corrected chi connectivity index (χ4v) is 3.42. The largest absolute Gasteiger partial charge is 0.352 e. The van der Waals surface area contributed by atoms with Crippen LogP contribution in [0.25, 0.3) is 0 Å². The van der Waals surface area contributed by atoms with Gasteiger partial charge in [-0.15, -0.1) is 0 Å². The van der Waals surface area contributed by atoms with Crippen LogP contribution in [0, 0.1) is 5.92 Å². The summed E-state index contributed by atoms with van der Waals surface area (Å²) in [5.74, 6) is 0.917. The van der Waals surface area contributed by atoms with Gasteiger partial charge in [0.2, 0.25) is 5.91 Å². The zero-order valence-corrected chi connectivity index (χ0v) is 12.5. The molecule has 4 heteroatoms. The van der Waals surface area contributed by atoms with Crippen LogP contribution in [0.1, 0.15) is 46.0 Å². The maximum Gasteiger partial charge on any atom is 0.237 e. The average Bonchev–Trinajstić information content (AvgIpc) is 2.48. The lowest BCUT2D eigenvalue weighted by atomic mass is 9.83. The molecule has 2 N–H and O–H groups in total. The van der Waals surface area contributed by atoms with Gasteiger partial charge < -0.3 is 10.6 Å². The van der Waals surface area contributed by atoms with Gasteiger partial charge in [0.05, 0.1) is 6.04 Å². The Bertz CT molecular complexity index is 289. The number of hydrogen-bond acceptors (Lipinski definition) is 3. The first kappa shape index (κ1) is 14.8. The number of rotatable bonds is 4. The lowest BCUT2D eigenvalue weighted by Gasteiger charge is -2.35. The third kappa shape index (κ3) is 3.93. The van der Waals surface area contributed by atoms with Gasteiger partial charge in [-0.1, -0.05) is 26.2 Å². The molecule has 1 heterocycles. The van der Waals surface area contributed by atoms with Gasteiger partial charge in [0.1, 0.15) is 0 Å². The van der Waals surface area contributed by atoms with Gasteiger partial charge in [-0.25, -0.2) is 0 Å². The van der Waals surface area contributed by atoms with E-state index in [2.05, 4.69) is 22.5 Å². The molecule has 1 aliphatic heterocycles. The topological polar surface area (TPSA) is 44.4 Å². The second-order valence-electron chi connectivity index (χ2n) is 6.03. The third-order valence-corrected chi connectivity index (χ3v) is 4.84.